The van der Waals surface area contributed by atoms with Gasteiger partial charge in [-0.1, -0.05) is 19.1 Å². The normalized spacial score (nSPS) is 10.4. The van der Waals surface area contributed by atoms with Crippen molar-refractivity contribution in [2.75, 3.05) is 23.8 Å². The summed E-state index contributed by atoms with van der Waals surface area (Å²) >= 11 is 0. The van der Waals surface area contributed by atoms with Gasteiger partial charge in [-0.25, -0.2) is 4.98 Å². The first-order valence-electron chi connectivity index (χ1n) is 6.37. The molecule has 2 aromatic rings. The average Bonchev–Trinajstić information content (AvgIpc) is 2.45. The molecule has 8 heteroatoms. The molecule has 0 aliphatic heterocycles. The van der Waals surface area contributed by atoms with Crippen LogP contribution in [0.5, 0.6) is 0 Å². The lowest BCUT2D eigenvalue weighted by molar-refractivity contribution is -0.383. The summed E-state index contributed by atoms with van der Waals surface area (Å²) in [5, 5.41) is 14.0. The Morgan fingerprint density at radius 2 is 2.05 bits per heavy atom. The predicted octanol–water partition coefficient (Wildman–Crippen LogP) is 1.82. The Kier molecular flexibility index (Phi) is 3.88. The van der Waals surface area contributed by atoms with E-state index in [-0.39, 0.29) is 17.5 Å². The summed E-state index contributed by atoms with van der Waals surface area (Å²) in [5.74, 6) is 0.292. The minimum Gasteiger partial charge on any atom is -0.383 e. The van der Waals surface area contributed by atoms with E-state index in [4.69, 9.17) is 11.5 Å². The molecule has 0 bridgehead atoms. The molecule has 5 N–H and O–H groups in total. The van der Waals surface area contributed by atoms with Crippen LogP contribution in [0.2, 0.25) is 0 Å². The predicted molar refractivity (Wildman–Crippen MR) is 81.9 cm³/mol. The lowest BCUT2D eigenvalue weighted by Crippen LogP contribution is -2.08. The van der Waals surface area contributed by atoms with Crippen molar-refractivity contribution < 1.29 is 4.92 Å². The zero-order valence-electron chi connectivity index (χ0n) is 11.8. The first-order chi connectivity index (χ1) is 9.99. The minimum absolute atomic E-state index is 0.0340. The summed E-state index contributed by atoms with van der Waals surface area (Å²) in [6.07, 6.45) is 0.581. The first kappa shape index (κ1) is 14.5. The molecule has 21 heavy (non-hydrogen) atoms. The van der Waals surface area contributed by atoms with E-state index in [2.05, 4.69) is 15.3 Å². The molecule has 0 fully saturated rings. The van der Waals surface area contributed by atoms with Gasteiger partial charge in [0.15, 0.2) is 0 Å². The third-order valence-electron chi connectivity index (χ3n) is 3.12. The van der Waals surface area contributed by atoms with Crippen LogP contribution in [0.15, 0.2) is 18.2 Å². The maximum absolute atomic E-state index is 11.1. The number of anilines is 3. The SMILES string of the molecule is CCc1nc(N)nc(N)c1-c1cccc([N+](=O)[O-])c1NC. The van der Waals surface area contributed by atoms with Crippen molar-refractivity contribution in [1.82, 2.24) is 9.97 Å². The van der Waals surface area contributed by atoms with Crippen LogP contribution in [-0.2, 0) is 6.42 Å². The molecular formula is C13H16N6O2. The highest BCUT2D eigenvalue weighted by atomic mass is 16.6. The lowest BCUT2D eigenvalue weighted by atomic mass is 10.00. The number of hydrogen-bond acceptors (Lipinski definition) is 7. The molecule has 8 nitrogen and oxygen atoms in total. The van der Waals surface area contributed by atoms with E-state index in [1.54, 1.807) is 19.2 Å². The lowest BCUT2D eigenvalue weighted by Gasteiger charge is -2.14. The number of rotatable bonds is 4. The van der Waals surface area contributed by atoms with Gasteiger partial charge in [-0.05, 0) is 6.42 Å². The molecule has 0 spiro atoms. The smallest absolute Gasteiger partial charge is 0.292 e. The summed E-state index contributed by atoms with van der Waals surface area (Å²) in [6.45, 7) is 1.90. The standard InChI is InChI=1S/C13H16N6O2/c1-3-8-10(12(14)18-13(15)17-8)7-5-4-6-9(19(20)21)11(7)16-2/h4-6,16H,3H2,1-2H3,(H4,14,15,17,18). The fraction of sp³-hybridized carbons (Fsp3) is 0.231. The van der Waals surface area contributed by atoms with Crippen molar-refractivity contribution in [3.05, 3.63) is 34.0 Å². The van der Waals surface area contributed by atoms with Crippen molar-refractivity contribution in [3.8, 4) is 11.1 Å². The molecule has 2 rings (SSSR count). The average molecular weight is 288 g/mol. The molecule has 1 aromatic heterocycles. The Bertz CT molecular complexity index is 701. The molecular weight excluding hydrogens is 272 g/mol. The molecule has 1 heterocycles. The fourth-order valence-electron chi connectivity index (χ4n) is 2.26. The maximum Gasteiger partial charge on any atom is 0.292 e. The van der Waals surface area contributed by atoms with Crippen LogP contribution in [0, 0.1) is 10.1 Å². The van der Waals surface area contributed by atoms with Crippen LogP contribution >= 0.6 is 0 Å². The van der Waals surface area contributed by atoms with E-state index < -0.39 is 4.92 Å². The zero-order valence-corrected chi connectivity index (χ0v) is 11.8. The zero-order chi connectivity index (χ0) is 15.6. The largest absolute Gasteiger partial charge is 0.383 e. The van der Waals surface area contributed by atoms with Crippen LogP contribution in [0.25, 0.3) is 11.1 Å². The summed E-state index contributed by atoms with van der Waals surface area (Å²) in [5.41, 5.74) is 13.7. The molecule has 0 radical (unpaired) electrons. The summed E-state index contributed by atoms with van der Waals surface area (Å²) in [6, 6.07) is 4.77. The first-order valence-corrected chi connectivity index (χ1v) is 6.37. The van der Waals surface area contributed by atoms with Crippen molar-refractivity contribution in [2.24, 2.45) is 0 Å². The number of nitro groups is 1. The molecule has 0 aliphatic rings. The number of nitrogens with one attached hydrogen (secondary N) is 1. The molecule has 0 amide bonds. The van der Waals surface area contributed by atoms with Crippen LogP contribution in [0.3, 0.4) is 0 Å². The van der Waals surface area contributed by atoms with Crippen LogP contribution < -0.4 is 16.8 Å². The summed E-state index contributed by atoms with van der Waals surface area (Å²) in [7, 11) is 1.62. The topological polar surface area (TPSA) is 133 Å². The van der Waals surface area contributed by atoms with Gasteiger partial charge in [0.1, 0.15) is 11.5 Å². The van der Waals surface area contributed by atoms with Crippen molar-refractivity contribution in [3.63, 3.8) is 0 Å². The highest BCUT2D eigenvalue weighted by Crippen LogP contribution is 2.39. The van der Waals surface area contributed by atoms with Crippen LogP contribution in [-0.4, -0.2) is 21.9 Å². The number of benzene rings is 1. The molecule has 0 saturated carbocycles. The van der Waals surface area contributed by atoms with E-state index in [0.717, 1.165) is 0 Å². The van der Waals surface area contributed by atoms with Crippen LogP contribution in [0.4, 0.5) is 23.1 Å². The number of nitrogen functional groups attached to an aromatic ring is 2. The van der Waals surface area contributed by atoms with E-state index in [1.165, 1.54) is 6.07 Å². The van der Waals surface area contributed by atoms with Gasteiger partial charge in [0, 0.05) is 24.2 Å². The highest BCUT2D eigenvalue weighted by Gasteiger charge is 2.21. The Morgan fingerprint density at radius 3 is 2.62 bits per heavy atom. The number of hydrogen-bond donors (Lipinski definition) is 3. The van der Waals surface area contributed by atoms with Gasteiger partial charge in [0.05, 0.1) is 10.6 Å². The molecule has 0 atom stereocenters. The van der Waals surface area contributed by atoms with Gasteiger partial charge in [0.2, 0.25) is 5.95 Å². The second-order valence-electron chi connectivity index (χ2n) is 4.35. The van der Waals surface area contributed by atoms with Crippen LogP contribution in [0.1, 0.15) is 12.6 Å². The van der Waals surface area contributed by atoms with Gasteiger partial charge in [-0.3, -0.25) is 10.1 Å². The van der Waals surface area contributed by atoms with E-state index in [0.29, 0.717) is 28.9 Å². The van der Waals surface area contributed by atoms with Gasteiger partial charge >= 0.3 is 0 Å². The number of nitrogens with two attached hydrogens (primary N) is 2. The molecule has 0 aliphatic carbocycles. The van der Waals surface area contributed by atoms with Gasteiger partial charge in [-0.2, -0.15) is 4.98 Å². The van der Waals surface area contributed by atoms with Crippen molar-refractivity contribution in [2.45, 2.75) is 13.3 Å². The fourth-order valence-corrected chi connectivity index (χ4v) is 2.26. The summed E-state index contributed by atoms with van der Waals surface area (Å²) < 4.78 is 0. The monoisotopic (exact) mass is 288 g/mol. The quantitative estimate of drug-likeness (QED) is 0.577. The summed E-state index contributed by atoms with van der Waals surface area (Å²) in [4.78, 5) is 18.8. The second kappa shape index (κ2) is 5.61. The number of aryl methyl sites for hydroxylation is 1. The number of para-hydroxylation sites is 1. The Hall–Kier alpha value is -2.90. The van der Waals surface area contributed by atoms with Gasteiger partial charge < -0.3 is 16.8 Å². The van der Waals surface area contributed by atoms with Gasteiger partial charge in [0.25, 0.3) is 5.69 Å². The van der Waals surface area contributed by atoms with Gasteiger partial charge in [-0.15, -0.1) is 0 Å². The van der Waals surface area contributed by atoms with Crippen molar-refractivity contribution >= 4 is 23.1 Å². The minimum atomic E-state index is -0.449. The molecule has 0 saturated heterocycles. The number of aromatic nitrogens is 2. The van der Waals surface area contributed by atoms with E-state index >= 15 is 0 Å². The van der Waals surface area contributed by atoms with Crippen molar-refractivity contribution in [1.29, 1.82) is 0 Å². The molecule has 1 aromatic carbocycles. The number of nitro benzene ring substituents is 1. The molecule has 0 unspecified atom stereocenters. The highest BCUT2D eigenvalue weighted by molar-refractivity contribution is 5.89. The third-order valence-corrected chi connectivity index (χ3v) is 3.12. The second-order valence-corrected chi connectivity index (χ2v) is 4.35. The Morgan fingerprint density at radius 1 is 1.33 bits per heavy atom. The molecule has 110 valence electrons. The Labute approximate surface area is 121 Å². The third kappa shape index (κ3) is 2.55. The van der Waals surface area contributed by atoms with E-state index in [9.17, 15) is 10.1 Å². The Balaban J connectivity index is 2.79. The van der Waals surface area contributed by atoms with E-state index in [1.807, 2.05) is 6.92 Å². The maximum atomic E-state index is 11.1. The number of nitrogens with zero attached hydrogens (tertiary/aromatic N) is 3.